The standard InChI is InChI=1S/C56H107O10P/c1-3-5-7-9-11-13-15-17-19-21-23-25-26-28-30-32-34-36-38-40-42-44-46-48-56(60)66-54(52-65-67(61,62)64-50-53(58)49-57)51-63-55(59)47-45-43-41-39-37-35-33-31-29-27-24-22-20-18-16-14-12-10-8-6-4-2/h18,20,40,42,53-54,57-58H,3-17,19,21-39,41,43-52H2,1-2H3,(H,61,62)/b20-18+,42-40+/t53-,54+/m0/s1. The summed E-state index contributed by atoms with van der Waals surface area (Å²) in [5.41, 5.74) is 0. The van der Waals surface area contributed by atoms with Gasteiger partial charge in [0.2, 0.25) is 0 Å². The Morgan fingerprint density at radius 1 is 0.433 bits per heavy atom. The largest absolute Gasteiger partial charge is 0.472 e. The third kappa shape index (κ3) is 52.1. The smallest absolute Gasteiger partial charge is 0.462 e. The summed E-state index contributed by atoms with van der Waals surface area (Å²) in [6.07, 6.45) is 57.4. The van der Waals surface area contributed by atoms with E-state index >= 15 is 0 Å². The Kier molecular flexibility index (Phi) is 51.1. The summed E-state index contributed by atoms with van der Waals surface area (Å²) in [6, 6.07) is 0. The van der Waals surface area contributed by atoms with Gasteiger partial charge in [-0.15, -0.1) is 0 Å². The molecule has 0 aromatic heterocycles. The SMILES string of the molecule is CCCCCCCC/C=C/CCCCCCCCCCCCCC(=O)OC[C@H](COP(=O)(O)OC[C@@H](O)CO)OC(=O)CCC/C=C/CCCCCCCCCCCCCCCCCCCC. The van der Waals surface area contributed by atoms with Gasteiger partial charge in [-0.1, -0.05) is 237 Å². The van der Waals surface area contributed by atoms with Gasteiger partial charge in [-0.3, -0.25) is 18.6 Å². The number of phosphoric ester groups is 1. The summed E-state index contributed by atoms with van der Waals surface area (Å²) < 4.78 is 32.9. The van der Waals surface area contributed by atoms with Crippen molar-refractivity contribution < 1.29 is 47.8 Å². The summed E-state index contributed by atoms with van der Waals surface area (Å²) in [5, 5.41) is 18.4. The fourth-order valence-electron chi connectivity index (χ4n) is 8.23. The van der Waals surface area contributed by atoms with E-state index in [1.165, 1.54) is 212 Å². The zero-order valence-electron chi connectivity index (χ0n) is 43.6. The molecule has 0 aromatic rings. The Hall–Kier alpha value is -1.55. The van der Waals surface area contributed by atoms with Crippen molar-refractivity contribution in [2.45, 2.75) is 296 Å². The quantitative estimate of drug-likeness (QED) is 0.0233. The van der Waals surface area contributed by atoms with Gasteiger partial charge in [-0.05, 0) is 57.8 Å². The van der Waals surface area contributed by atoms with E-state index in [1.807, 2.05) is 0 Å². The van der Waals surface area contributed by atoms with Crippen LogP contribution in [0.25, 0.3) is 0 Å². The molecular weight excluding hydrogens is 864 g/mol. The van der Waals surface area contributed by atoms with Crippen LogP contribution in [0.5, 0.6) is 0 Å². The molecule has 0 fully saturated rings. The molecule has 0 amide bonds. The molecule has 0 aliphatic rings. The van der Waals surface area contributed by atoms with Gasteiger partial charge in [-0.2, -0.15) is 0 Å². The average molecular weight is 971 g/mol. The molecule has 0 rings (SSSR count). The molecule has 0 saturated carbocycles. The lowest BCUT2D eigenvalue weighted by Crippen LogP contribution is -2.29. The molecule has 0 aromatic carbocycles. The zero-order valence-corrected chi connectivity index (χ0v) is 44.5. The lowest BCUT2D eigenvalue weighted by atomic mass is 10.0. The van der Waals surface area contributed by atoms with E-state index in [0.717, 1.165) is 32.1 Å². The van der Waals surface area contributed by atoms with E-state index in [2.05, 4.69) is 38.2 Å². The first-order valence-electron chi connectivity index (χ1n) is 28.3. The van der Waals surface area contributed by atoms with Gasteiger partial charge < -0.3 is 24.6 Å². The molecular formula is C56H107O10P. The number of allylic oxidation sites excluding steroid dienone is 4. The van der Waals surface area contributed by atoms with Crippen molar-refractivity contribution in [2.24, 2.45) is 0 Å². The third-order valence-corrected chi connectivity index (χ3v) is 13.5. The van der Waals surface area contributed by atoms with Gasteiger partial charge in [0.05, 0.1) is 19.8 Å². The molecule has 0 bridgehead atoms. The average Bonchev–Trinajstić information content (AvgIpc) is 3.32. The second kappa shape index (κ2) is 52.3. The molecule has 0 aliphatic carbocycles. The molecule has 0 saturated heterocycles. The van der Waals surface area contributed by atoms with Crippen LogP contribution >= 0.6 is 7.82 Å². The predicted octanol–water partition coefficient (Wildman–Crippen LogP) is 16.5. The van der Waals surface area contributed by atoms with Crippen molar-refractivity contribution in [1.82, 2.24) is 0 Å². The number of aliphatic hydroxyl groups excluding tert-OH is 2. The minimum atomic E-state index is -4.63. The first-order chi connectivity index (χ1) is 32.7. The molecule has 0 aliphatic heterocycles. The highest BCUT2D eigenvalue weighted by atomic mass is 31.2. The summed E-state index contributed by atoms with van der Waals surface area (Å²) in [5.74, 6) is -0.948. The van der Waals surface area contributed by atoms with Crippen molar-refractivity contribution in [3.63, 3.8) is 0 Å². The maximum Gasteiger partial charge on any atom is 0.472 e. The molecule has 396 valence electrons. The molecule has 11 heteroatoms. The fourth-order valence-corrected chi connectivity index (χ4v) is 9.02. The second-order valence-electron chi connectivity index (χ2n) is 19.3. The molecule has 3 atom stereocenters. The monoisotopic (exact) mass is 971 g/mol. The van der Waals surface area contributed by atoms with E-state index in [1.54, 1.807) is 0 Å². The van der Waals surface area contributed by atoms with Crippen LogP contribution in [-0.4, -0.2) is 65.7 Å². The zero-order chi connectivity index (χ0) is 49.0. The number of unbranched alkanes of at least 4 members (excludes halogenated alkanes) is 36. The first kappa shape index (κ1) is 65.5. The maximum absolute atomic E-state index is 12.7. The van der Waals surface area contributed by atoms with Crippen LogP contribution < -0.4 is 0 Å². The van der Waals surface area contributed by atoms with Gasteiger partial charge in [0, 0.05) is 12.8 Å². The van der Waals surface area contributed by atoms with Crippen LogP contribution in [0.1, 0.15) is 284 Å². The number of carbonyl (C=O) groups is 2. The van der Waals surface area contributed by atoms with E-state index < -0.39 is 51.8 Å². The van der Waals surface area contributed by atoms with E-state index in [9.17, 15) is 24.2 Å². The topological polar surface area (TPSA) is 149 Å². The Balaban J connectivity index is 4.12. The number of phosphoric acid groups is 1. The predicted molar refractivity (Wildman–Crippen MR) is 279 cm³/mol. The van der Waals surface area contributed by atoms with Crippen LogP contribution in [0.2, 0.25) is 0 Å². The number of ether oxygens (including phenoxy) is 2. The van der Waals surface area contributed by atoms with Gasteiger partial charge >= 0.3 is 19.8 Å². The van der Waals surface area contributed by atoms with Gasteiger partial charge in [0.25, 0.3) is 0 Å². The number of hydrogen-bond acceptors (Lipinski definition) is 9. The second-order valence-corrected chi connectivity index (χ2v) is 20.8. The van der Waals surface area contributed by atoms with E-state index in [-0.39, 0.29) is 19.4 Å². The van der Waals surface area contributed by atoms with Crippen molar-refractivity contribution in [2.75, 3.05) is 26.4 Å². The van der Waals surface area contributed by atoms with Crippen LogP contribution in [0.15, 0.2) is 24.3 Å². The number of esters is 2. The van der Waals surface area contributed by atoms with Crippen molar-refractivity contribution in [3.8, 4) is 0 Å². The molecule has 0 spiro atoms. The minimum absolute atomic E-state index is 0.140. The highest BCUT2D eigenvalue weighted by molar-refractivity contribution is 7.47. The third-order valence-electron chi connectivity index (χ3n) is 12.6. The fraction of sp³-hybridized carbons (Fsp3) is 0.893. The Labute approximate surface area is 412 Å². The van der Waals surface area contributed by atoms with Gasteiger partial charge in [-0.25, -0.2) is 4.57 Å². The Morgan fingerprint density at radius 3 is 1.12 bits per heavy atom. The maximum atomic E-state index is 12.7. The van der Waals surface area contributed by atoms with Gasteiger partial charge in [0.15, 0.2) is 6.10 Å². The number of carbonyl (C=O) groups excluding carboxylic acids is 2. The Bertz CT molecular complexity index is 1160. The van der Waals surface area contributed by atoms with Crippen LogP contribution in [0.3, 0.4) is 0 Å². The van der Waals surface area contributed by atoms with Crippen molar-refractivity contribution >= 4 is 19.8 Å². The van der Waals surface area contributed by atoms with Crippen molar-refractivity contribution in [1.29, 1.82) is 0 Å². The number of hydrogen-bond donors (Lipinski definition) is 3. The molecule has 1 unspecified atom stereocenters. The minimum Gasteiger partial charge on any atom is -0.462 e. The van der Waals surface area contributed by atoms with Crippen LogP contribution in [0, 0.1) is 0 Å². The van der Waals surface area contributed by atoms with Gasteiger partial charge in [0.1, 0.15) is 12.7 Å². The molecule has 3 N–H and O–H groups in total. The summed E-state index contributed by atoms with van der Waals surface area (Å²) in [6.45, 7) is 2.41. The van der Waals surface area contributed by atoms with Crippen molar-refractivity contribution in [3.05, 3.63) is 24.3 Å². The molecule has 0 heterocycles. The highest BCUT2D eigenvalue weighted by Gasteiger charge is 2.27. The normalized spacial score (nSPS) is 13.7. The first-order valence-corrected chi connectivity index (χ1v) is 29.8. The molecule has 67 heavy (non-hydrogen) atoms. The van der Waals surface area contributed by atoms with E-state index in [0.29, 0.717) is 12.8 Å². The lowest BCUT2D eigenvalue weighted by Gasteiger charge is -2.20. The van der Waals surface area contributed by atoms with E-state index in [4.69, 9.17) is 23.6 Å². The number of aliphatic hydroxyl groups is 2. The molecule has 0 radical (unpaired) electrons. The highest BCUT2D eigenvalue weighted by Crippen LogP contribution is 2.43. The molecule has 10 nitrogen and oxygen atoms in total. The lowest BCUT2D eigenvalue weighted by molar-refractivity contribution is -0.161. The summed E-state index contributed by atoms with van der Waals surface area (Å²) in [7, 11) is -4.63. The van der Waals surface area contributed by atoms with Crippen LogP contribution in [0.4, 0.5) is 0 Å². The number of rotatable bonds is 54. The van der Waals surface area contributed by atoms with Crippen LogP contribution in [-0.2, 0) is 32.7 Å². The Morgan fingerprint density at radius 2 is 0.746 bits per heavy atom. The summed E-state index contributed by atoms with van der Waals surface area (Å²) in [4.78, 5) is 35.2. The summed E-state index contributed by atoms with van der Waals surface area (Å²) >= 11 is 0.